The first kappa shape index (κ1) is 24.2. The summed E-state index contributed by atoms with van der Waals surface area (Å²) in [4.78, 5) is 31.3. The molecule has 2 aromatic carbocycles. The smallest absolute Gasteiger partial charge is 0.295 e. The minimum Gasteiger partial charge on any atom is -0.366 e. The van der Waals surface area contributed by atoms with E-state index < -0.39 is 0 Å². The number of halogens is 1. The molecule has 0 unspecified atom stereocenters. The predicted molar refractivity (Wildman–Crippen MR) is 144 cm³/mol. The van der Waals surface area contributed by atoms with E-state index >= 15 is 0 Å². The molecule has 0 saturated carbocycles. The summed E-state index contributed by atoms with van der Waals surface area (Å²) in [5.74, 6) is -0.322. The zero-order chi connectivity index (χ0) is 25.1. The van der Waals surface area contributed by atoms with Crippen LogP contribution in [0, 0.1) is 6.92 Å². The average molecular weight is 487 g/mol. The number of allylic oxidation sites excluding steroid dienone is 4. The molecule has 0 N–H and O–H groups in total. The molecule has 0 fully saturated rings. The molecule has 1 amide bonds. The van der Waals surface area contributed by atoms with Crippen LogP contribution in [-0.4, -0.2) is 35.8 Å². The van der Waals surface area contributed by atoms with Crippen molar-refractivity contribution in [3.8, 4) is 5.69 Å². The fourth-order valence-corrected chi connectivity index (χ4v) is 4.14. The molecule has 1 aromatic heterocycles. The maximum Gasteiger partial charge on any atom is 0.295 e. The van der Waals surface area contributed by atoms with Crippen LogP contribution in [0.1, 0.15) is 28.5 Å². The van der Waals surface area contributed by atoms with Crippen LogP contribution in [0.15, 0.2) is 89.2 Å². The van der Waals surface area contributed by atoms with E-state index in [2.05, 4.69) is 11.7 Å². The van der Waals surface area contributed by atoms with E-state index in [1.54, 1.807) is 35.1 Å². The lowest BCUT2D eigenvalue weighted by molar-refractivity contribution is 0.0981. The lowest BCUT2D eigenvalue weighted by Gasteiger charge is -2.26. The van der Waals surface area contributed by atoms with E-state index in [-0.39, 0.29) is 17.2 Å². The van der Waals surface area contributed by atoms with Gasteiger partial charge in [0.25, 0.3) is 11.5 Å². The number of carbonyl (C=O) groups excluding carboxylic acids is 1. The first-order chi connectivity index (χ1) is 16.8. The number of benzene rings is 2. The molecular formula is C28H27ClN4O2. The first-order valence-corrected chi connectivity index (χ1v) is 11.7. The van der Waals surface area contributed by atoms with Gasteiger partial charge in [0.2, 0.25) is 0 Å². The van der Waals surface area contributed by atoms with E-state index in [0.29, 0.717) is 40.6 Å². The third kappa shape index (κ3) is 4.84. The number of hydrogen-bond acceptors (Lipinski definition) is 4. The molecule has 178 valence electrons. The number of carbonyl (C=O) groups is 1. The van der Waals surface area contributed by atoms with Crippen LogP contribution in [0.4, 0.5) is 11.4 Å². The van der Waals surface area contributed by atoms with Crippen LogP contribution in [-0.2, 0) is 0 Å². The second-order valence-corrected chi connectivity index (χ2v) is 8.77. The highest BCUT2D eigenvalue weighted by Crippen LogP contribution is 2.30. The molecule has 0 spiro atoms. The van der Waals surface area contributed by atoms with Gasteiger partial charge >= 0.3 is 0 Å². The number of anilines is 2. The highest BCUT2D eigenvalue weighted by molar-refractivity contribution is 6.31. The van der Waals surface area contributed by atoms with Crippen molar-refractivity contribution in [1.29, 1.82) is 0 Å². The quantitative estimate of drug-likeness (QED) is 0.499. The lowest BCUT2D eigenvalue weighted by Crippen LogP contribution is -2.38. The highest BCUT2D eigenvalue weighted by atomic mass is 35.5. The summed E-state index contributed by atoms with van der Waals surface area (Å²) in [6.07, 6.45) is 5.23. The number of likely N-dealkylation sites (N-methyl/N-ethyl adjacent to an activating group) is 1. The molecule has 2 heterocycles. The standard InChI is InChI=1S/C28H27ClN4O2/c1-5-32(22-9-7-6-8-10-22)27(34)25-24-20(3)13-14-21(29)17-18-31(4)26(24)28(35)33(30-25)23-15-11-19(2)12-16-23/h6-17H,3,5,18H2,1-2,4H3/b14-13-,21-17+. The Bertz CT molecular complexity index is 1390. The monoisotopic (exact) mass is 486 g/mol. The summed E-state index contributed by atoms with van der Waals surface area (Å²) >= 11 is 6.31. The normalized spacial score (nSPS) is 15.8. The van der Waals surface area contributed by atoms with Gasteiger partial charge in [0, 0.05) is 36.4 Å². The molecule has 4 rings (SSSR count). The number of aryl methyl sites for hydroxylation is 1. The summed E-state index contributed by atoms with van der Waals surface area (Å²) in [6.45, 7) is 8.84. The van der Waals surface area contributed by atoms with Crippen molar-refractivity contribution in [3.63, 3.8) is 0 Å². The third-order valence-corrected chi connectivity index (χ3v) is 6.17. The summed E-state index contributed by atoms with van der Waals surface area (Å²) in [5, 5.41) is 5.15. The minimum atomic E-state index is -0.341. The minimum absolute atomic E-state index is 0.144. The highest BCUT2D eigenvalue weighted by Gasteiger charge is 2.29. The summed E-state index contributed by atoms with van der Waals surface area (Å²) < 4.78 is 1.29. The van der Waals surface area contributed by atoms with Crippen LogP contribution in [0.25, 0.3) is 11.3 Å². The Balaban J connectivity index is 2.03. The van der Waals surface area contributed by atoms with Gasteiger partial charge in [-0.25, -0.2) is 0 Å². The number of amides is 1. The van der Waals surface area contributed by atoms with E-state index in [0.717, 1.165) is 11.3 Å². The van der Waals surface area contributed by atoms with Crippen molar-refractivity contribution in [2.75, 3.05) is 29.9 Å². The molecule has 7 heteroatoms. The van der Waals surface area contributed by atoms with Crippen LogP contribution >= 0.6 is 11.6 Å². The van der Waals surface area contributed by atoms with Crippen molar-refractivity contribution >= 4 is 34.5 Å². The van der Waals surface area contributed by atoms with Gasteiger partial charge in [0.1, 0.15) is 5.69 Å². The summed E-state index contributed by atoms with van der Waals surface area (Å²) in [7, 11) is 1.79. The predicted octanol–water partition coefficient (Wildman–Crippen LogP) is 5.35. The molecule has 0 aliphatic carbocycles. The Morgan fingerprint density at radius 3 is 2.46 bits per heavy atom. The zero-order valence-electron chi connectivity index (χ0n) is 20.0. The molecule has 0 bridgehead atoms. The van der Waals surface area contributed by atoms with Gasteiger partial charge in [-0.15, -0.1) is 0 Å². The number of aromatic nitrogens is 2. The van der Waals surface area contributed by atoms with Crippen LogP contribution in [0.3, 0.4) is 0 Å². The van der Waals surface area contributed by atoms with Crippen molar-refractivity contribution in [1.82, 2.24) is 9.78 Å². The Morgan fingerprint density at radius 2 is 1.80 bits per heavy atom. The fourth-order valence-electron chi connectivity index (χ4n) is 4.01. The van der Waals surface area contributed by atoms with Gasteiger partial charge in [-0.05, 0) is 55.8 Å². The van der Waals surface area contributed by atoms with E-state index in [4.69, 9.17) is 11.6 Å². The Morgan fingerprint density at radius 1 is 1.11 bits per heavy atom. The molecule has 0 saturated heterocycles. The Kier molecular flexibility index (Phi) is 7.03. The molecule has 0 atom stereocenters. The zero-order valence-corrected chi connectivity index (χ0v) is 20.8. The van der Waals surface area contributed by atoms with Crippen molar-refractivity contribution < 1.29 is 4.79 Å². The second kappa shape index (κ2) is 10.2. The number of rotatable bonds is 4. The van der Waals surface area contributed by atoms with Gasteiger partial charge in [-0.3, -0.25) is 9.59 Å². The number of fused-ring (bicyclic) bond motifs is 1. The van der Waals surface area contributed by atoms with E-state index in [9.17, 15) is 9.59 Å². The Labute approximate surface area is 210 Å². The van der Waals surface area contributed by atoms with Gasteiger partial charge in [0.15, 0.2) is 5.69 Å². The van der Waals surface area contributed by atoms with Crippen LogP contribution < -0.4 is 15.4 Å². The van der Waals surface area contributed by atoms with Crippen LogP contribution in [0.2, 0.25) is 0 Å². The molecule has 0 radical (unpaired) electrons. The topological polar surface area (TPSA) is 58.4 Å². The largest absolute Gasteiger partial charge is 0.366 e. The Hall–Kier alpha value is -3.90. The molecule has 1 aliphatic rings. The molecular weight excluding hydrogens is 460 g/mol. The van der Waals surface area contributed by atoms with Gasteiger partial charge in [-0.1, -0.05) is 60.2 Å². The maximum atomic E-state index is 14.0. The summed E-state index contributed by atoms with van der Waals surface area (Å²) in [6, 6.07) is 16.8. The van der Waals surface area contributed by atoms with E-state index in [1.807, 2.05) is 68.4 Å². The molecule has 6 nitrogen and oxygen atoms in total. The van der Waals surface area contributed by atoms with Crippen molar-refractivity contribution in [2.45, 2.75) is 13.8 Å². The summed E-state index contributed by atoms with van der Waals surface area (Å²) in [5.41, 5.74) is 3.39. The lowest BCUT2D eigenvalue weighted by atomic mass is 10.0. The van der Waals surface area contributed by atoms with Crippen molar-refractivity contribution in [2.24, 2.45) is 0 Å². The van der Waals surface area contributed by atoms with Gasteiger partial charge < -0.3 is 9.80 Å². The fraction of sp³-hybridized carbons (Fsp3) is 0.179. The molecule has 1 aliphatic heterocycles. The van der Waals surface area contributed by atoms with Gasteiger partial charge in [-0.2, -0.15) is 9.78 Å². The van der Waals surface area contributed by atoms with Crippen LogP contribution in [0.5, 0.6) is 0 Å². The number of nitrogens with zero attached hydrogens (tertiary/aromatic N) is 4. The van der Waals surface area contributed by atoms with Crippen molar-refractivity contribution in [3.05, 3.63) is 112 Å². The average Bonchev–Trinajstić information content (AvgIpc) is 2.91. The third-order valence-electron chi connectivity index (χ3n) is 5.89. The van der Waals surface area contributed by atoms with Gasteiger partial charge in [0.05, 0.1) is 5.69 Å². The SMILES string of the molecule is C=C1/C=C\C(Cl)=C/CN(C)c2c1c(C(=O)N(CC)c1ccccc1)nn(-c1ccc(C)cc1)c2=O. The second-order valence-electron chi connectivity index (χ2n) is 8.34. The number of hydrogen-bond donors (Lipinski definition) is 0. The molecule has 3 aromatic rings. The first-order valence-electron chi connectivity index (χ1n) is 11.4. The maximum absolute atomic E-state index is 14.0. The van der Waals surface area contributed by atoms with E-state index in [1.165, 1.54) is 4.68 Å². The molecule has 35 heavy (non-hydrogen) atoms. The number of para-hydroxylation sites is 1.